The van der Waals surface area contributed by atoms with E-state index in [2.05, 4.69) is 27.7 Å². The quantitative estimate of drug-likeness (QED) is 0.498. The summed E-state index contributed by atoms with van der Waals surface area (Å²) in [4.78, 5) is 0. The predicted octanol–water partition coefficient (Wildman–Crippen LogP) is 3.47. The molecule has 0 heterocycles. The smallest absolute Gasteiger partial charge is 0.0246 e. The maximum Gasteiger partial charge on any atom is -0.0246 e. The fourth-order valence-corrected chi connectivity index (χ4v) is 3.60. The fourth-order valence-electron chi connectivity index (χ4n) is 3.60. The molecule has 0 aromatic rings. The van der Waals surface area contributed by atoms with Gasteiger partial charge in [-0.1, -0.05) is 27.7 Å². The zero-order valence-corrected chi connectivity index (χ0v) is 8.28. The van der Waals surface area contributed by atoms with Crippen molar-refractivity contribution in [2.75, 3.05) is 0 Å². The molecule has 0 spiro atoms. The summed E-state index contributed by atoms with van der Waals surface area (Å²) >= 11 is 0. The minimum Gasteiger partial charge on any atom is -0.0620 e. The molecule has 1 unspecified atom stereocenters. The molecule has 0 radical (unpaired) electrons. The van der Waals surface area contributed by atoms with Crippen LogP contribution >= 0.6 is 0 Å². The van der Waals surface area contributed by atoms with Crippen LogP contribution in [0.2, 0.25) is 0 Å². The molecule has 2 rings (SSSR count). The summed E-state index contributed by atoms with van der Waals surface area (Å²) in [6, 6.07) is 0. The van der Waals surface area contributed by atoms with Crippen molar-refractivity contribution in [3.63, 3.8) is 0 Å². The van der Waals surface area contributed by atoms with Crippen LogP contribution in [0, 0.1) is 22.7 Å². The molecule has 0 aromatic carbocycles. The number of fused-ring (bicyclic) bond motifs is 2. The lowest BCUT2D eigenvalue weighted by atomic mass is 9.67. The SMILES string of the molecule is C[C@@H]1C[C@H]2CCC1(C)C2(C)C. The number of hydrogen-bond acceptors (Lipinski definition) is 0. The molecule has 2 aliphatic rings. The maximum atomic E-state index is 2.50. The molecule has 0 saturated heterocycles. The summed E-state index contributed by atoms with van der Waals surface area (Å²) in [7, 11) is 0. The van der Waals surface area contributed by atoms with E-state index in [-0.39, 0.29) is 0 Å². The van der Waals surface area contributed by atoms with Crippen LogP contribution in [-0.4, -0.2) is 0 Å². The minimum absolute atomic E-state index is 0.631. The molecule has 0 N–H and O–H groups in total. The Morgan fingerprint density at radius 2 is 1.82 bits per heavy atom. The molecule has 0 nitrogen and oxygen atoms in total. The zero-order valence-electron chi connectivity index (χ0n) is 8.28. The van der Waals surface area contributed by atoms with Gasteiger partial charge in [0, 0.05) is 0 Å². The Hall–Kier alpha value is 0. The molecule has 0 amide bonds. The Balaban J connectivity index is 2.40. The second kappa shape index (κ2) is 1.84. The van der Waals surface area contributed by atoms with Crippen molar-refractivity contribution in [1.29, 1.82) is 0 Å². The van der Waals surface area contributed by atoms with Crippen molar-refractivity contribution in [2.45, 2.75) is 47.0 Å². The molecule has 2 saturated carbocycles. The normalized spacial score (nSPS) is 53.5. The van der Waals surface area contributed by atoms with Gasteiger partial charge in [-0.15, -0.1) is 0 Å². The fraction of sp³-hybridized carbons (Fsp3) is 1.00. The Labute approximate surface area is 70.4 Å². The van der Waals surface area contributed by atoms with Crippen LogP contribution in [0.15, 0.2) is 0 Å². The largest absolute Gasteiger partial charge is 0.0620 e. The van der Waals surface area contributed by atoms with Crippen LogP contribution < -0.4 is 0 Å². The van der Waals surface area contributed by atoms with Gasteiger partial charge < -0.3 is 0 Å². The third kappa shape index (κ3) is 0.666. The summed E-state index contributed by atoms with van der Waals surface area (Å²) in [5, 5.41) is 0. The van der Waals surface area contributed by atoms with E-state index in [1.165, 1.54) is 19.3 Å². The van der Waals surface area contributed by atoms with E-state index in [0.717, 1.165) is 11.8 Å². The molecular formula is C11H20. The molecule has 11 heavy (non-hydrogen) atoms. The van der Waals surface area contributed by atoms with Crippen molar-refractivity contribution in [1.82, 2.24) is 0 Å². The van der Waals surface area contributed by atoms with Gasteiger partial charge in [-0.25, -0.2) is 0 Å². The van der Waals surface area contributed by atoms with E-state index in [0.29, 0.717) is 10.8 Å². The van der Waals surface area contributed by atoms with Gasteiger partial charge in [0.05, 0.1) is 0 Å². The second-order valence-corrected chi connectivity index (χ2v) is 5.51. The summed E-state index contributed by atoms with van der Waals surface area (Å²) in [5.74, 6) is 2.00. The van der Waals surface area contributed by atoms with Crippen molar-refractivity contribution in [3.8, 4) is 0 Å². The average Bonchev–Trinajstić information content (AvgIpc) is 2.20. The Bertz CT molecular complexity index is 180. The molecule has 0 heteroatoms. The van der Waals surface area contributed by atoms with E-state index in [1.54, 1.807) is 0 Å². The van der Waals surface area contributed by atoms with Crippen LogP contribution in [0.1, 0.15) is 47.0 Å². The molecular weight excluding hydrogens is 132 g/mol. The standard InChI is InChI=1S/C11H20/c1-8-7-9-5-6-11(8,4)10(9,2)3/h8-9H,5-7H2,1-4H3/t8-,9-,11?/m1/s1. The topological polar surface area (TPSA) is 0 Å². The molecule has 2 fully saturated rings. The molecule has 0 aromatic heterocycles. The second-order valence-electron chi connectivity index (χ2n) is 5.51. The lowest BCUT2D eigenvalue weighted by Crippen LogP contribution is -2.30. The van der Waals surface area contributed by atoms with Crippen LogP contribution in [0.25, 0.3) is 0 Å². The van der Waals surface area contributed by atoms with Gasteiger partial charge in [-0.3, -0.25) is 0 Å². The van der Waals surface area contributed by atoms with E-state index < -0.39 is 0 Å². The van der Waals surface area contributed by atoms with Crippen LogP contribution in [0.5, 0.6) is 0 Å². The molecule has 64 valence electrons. The highest BCUT2D eigenvalue weighted by molar-refractivity contribution is 5.08. The van der Waals surface area contributed by atoms with Gasteiger partial charge in [-0.2, -0.15) is 0 Å². The van der Waals surface area contributed by atoms with Crippen molar-refractivity contribution in [2.24, 2.45) is 22.7 Å². The van der Waals surface area contributed by atoms with Crippen molar-refractivity contribution < 1.29 is 0 Å². The van der Waals surface area contributed by atoms with Crippen molar-refractivity contribution in [3.05, 3.63) is 0 Å². The van der Waals surface area contributed by atoms with Gasteiger partial charge in [0.15, 0.2) is 0 Å². The zero-order chi connectivity index (χ0) is 8.28. The van der Waals surface area contributed by atoms with Crippen LogP contribution in [-0.2, 0) is 0 Å². The third-order valence-corrected chi connectivity index (χ3v) is 5.23. The van der Waals surface area contributed by atoms with E-state index in [4.69, 9.17) is 0 Å². The highest BCUT2D eigenvalue weighted by atomic mass is 14.6. The summed E-state index contributed by atoms with van der Waals surface area (Å²) in [6.45, 7) is 9.91. The van der Waals surface area contributed by atoms with Crippen LogP contribution in [0.4, 0.5) is 0 Å². The Kier molecular flexibility index (Phi) is 1.28. The van der Waals surface area contributed by atoms with E-state index in [1.807, 2.05) is 0 Å². The molecule has 3 atom stereocenters. The van der Waals surface area contributed by atoms with E-state index in [9.17, 15) is 0 Å². The summed E-state index contributed by atoms with van der Waals surface area (Å²) in [5.41, 5.74) is 1.30. The maximum absolute atomic E-state index is 2.50. The predicted molar refractivity (Wildman–Crippen MR) is 48.4 cm³/mol. The summed E-state index contributed by atoms with van der Waals surface area (Å²) in [6.07, 6.45) is 4.46. The van der Waals surface area contributed by atoms with Crippen LogP contribution in [0.3, 0.4) is 0 Å². The minimum atomic E-state index is 0.631. The Morgan fingerprint density at radius 1 is 1.18 bits per heavy atom. The summed E-state index contributed by atoms with van der Waals surface area (Å²) < 4.78 is 0. The Morgan fingerprint density at radius 3 is 2.00 bits per heavy atom. The first-order valence-electron chi connectivity index (χ1n) is 4.98. The van der Waals surface area contributed by atoms with Crippen molar-refractivity contribution >= 4 is 0 Å². The monoisotopic (exact) mass is 152 g/mol. The van der Waals surface area contributed by atoms with Gasteiger partial charge >= 0.3 is 0 Å². The average molecular weight is 152 g/mol. The molecule has 2 aliphatic carbocycles. The highest BCUT2D eigenvalue weighted by Crippen LogP contribution is 2.67. The van der Waals surface area contributed by atoms with Gasteiger partial charge in [0.25, 0.3) is 0 Å². The van der Waals surface area contributed by atoms with Gasteiger partial charge in [-0.05, 0) is 41.9 Å². The molecule has 0 aliphatic heterocycles. The van der Waals surface area contributed by atoms with E-state index >= 15 is 0 Å². The highest BCUT2D eigenvalue weighted by Gasteiger charge is 2.59. The van der Waals surface area contributed by atoms with Gasteiger partial charge in [0.1, 0.15) is 0 Å². The number of hydrogen-bond donors (Lipinski definition) is 0. The third-order valence-electron chi connectivity index (χ3n) is 5.23. The lowest BCUT2D eigenvalue weighted by molar-refractivity contribution is 0.112. The first kappa shape index (κ1) is 7.64. The lowest BCUT2D eigenvalue weighted by Gasteiger charge is -2.37. The first-order valence-corrected chi connectivity index (χ1v) is 4.98. The van der Waals surface area contributed by atoms with Gasteiger partial charge in [0.2, 0.25) is 0 Å². The number of rotatable bonds is 0. The first-order chi connectivity index (χ1) is 4.98. The molecule has 2 bridgehead atoms.